The number of benzene rings is 1. The van der Waals surface area contributed by atoms with E-state index in [0.717, 1.165) is 6.07 Å². The van der Waals surface area contributed by atoms with E-state index >= 15 is 0 Å². The third-order valence-corrected chi connectivity index (χ3v) is 2.71. The van der Waals surface area contributed by atoms with Crippen LogP contribution >= 0.6 is 11.6 Å². The van der Waals surface area contributed by atoms with E-state index in [1.165, 1.54) is 12.1 Å². The first-order valence-corrected chi connectivity index (χ1v) is 6.87. The van der Waals surface area contributed by atoms with Crippen molar-refractivity contribution in [3.05, 3.63) is 29.0 Å². The summed E-state index contributed by atoms with van der Waals surface area (Å²) in [5.74, 6) is -1.87. The molecule has 0 heterocycles. The number of rotatable bonds is 5. The van der Waals surface area contributed by atoms with Gasteiger partial charge in [-0.15, -0.1) is 0 Å². The summed E-state index contributed by atoms with van der Waals surface area (Å²) in [4.78, 5) is 22.7. The number of alkyl carbamates (subject to hydrolysis) is 1. The van der Waals surface area contributed by atoms with E-state index in [4.69, 9.17) is 21.4 Å². The second-order valence-electron chi connectivity index (χ2n) is 5.55. The molecule has 0 fully saturated rings. The van der Waals surface area contributed by atoms with E-state index in [0.29, 0.717) is 0 Å². The van der Waals surface area contributed by atoms with E-state index in [1.54, 1.807) is 20.8 Å². The van der Waals surface area contributed by atoms with Crippen molar-refractivity contribution in [3.63, 3.8) is 0 Å². The molecule has 1 aromatic rings. The summed E-state index contributed by atoms with van der Waals surface area (Å²) in [6.07, 6.45) is -0.733. The number of carboxylic acid groups (broad SMARTS) is 1. The maximum absolute atomic E-state index is 13.3. The van der Waals surface area contributed by atoms with Crippen molar-refractivity contribution < 1.29 is 23.8 Å². The van der Waals surface area contributed by atoms with Gasteiger partial charge in [0.25, 0.3) is 0 Å². The molecule has 1 rings (SSSR count). The minimum absolute atomic E-state index is 0.0655. The fourth-order valence-electron chi connectivity index (χ4n) is 1.49. The molecule has 1 atom stereocenters. The summed E-state index contributed by atoms with van der Waals surface area (Å²) in [6, 6.07) is 2.67. The van der Waals surface area contributed by atoms with E-state index < -0.39 is 29.5 Å². The number of hydrogen-bond donors (Lipinski definition) is 3. The summed E-state index contributed by atoms with van der Waals surface area (Å²) in [5, 5.41) is 14.0. The van der Waals surface area contributed by atoms with Crippen LogP contribution in [-0.2, 0) is 9.53 Å². The Morgan fingerprint density at radius 2 is 2.05 bits per heavy atom. The second-order valence-corrected chi connectivity index (χ2v) is 5.95. The van der Waals surface area contributed by atoms with Crippen molar-refractivity contribution in [2.45, 2.75) is 32.4 Å². The number of carbonyl (C=O) groups is 2. The molecule has 22 heavy (non-hydrogen) atoms. The quantitative estimate of drug-likeness (QED) is 0.771. The lowest BCUT2D eigenvalue weighted by atomic mass is 10.2. The lowest BCUT2D eigenvalue weighted by Crippen LogP contribution is -2.43. The molecule has 0 aliphatic carbocycles. The molecule has 0 unspecified atom stereocenters. The summed E-state index contributed by atoms with van der Waals surface area (Å²) in [5.41, 5.74) is -0.449. The molecule has 6 nitrogen and oxygen atoms in total. The minimum Gasteiger partial charge on any atom is -0.480 e. The van der Waals surface area contributed by atoms with E-state index in [2.05, 4.69) is 10.6 Å². The number of halogens is 2. The van der Waals surface area contributed by atoms with Crippen LogP contribution in [0.15, 0.2) is 18.2 Å². The second kappa shape index (κ2) is 7.31. The molecule has 8 heteroatoms. The number of hydrogen-bond acceptors (Lipinski definition) is 4. The first kappa shape index (κ1) is 18.0. The fraction of sp³-hybridized carbons (Fsp3) is 0.429. The standard InChI is InChI=1S/C14H18ClFN2O4/c1-14(2,3)22-13(21)17-7-11(12(19)20)18-8-4-5-9(15)10(16)6-8/h4-6,11,18H,7H2,1-3H3,(H,17,21)(H,19,20)/t11-/m0/s1. The summed E-state index contributed by atoms with van der Waals surface area (Å²) in [7, 11) is 0. The van der Waals surface area contributed by atoms with E-state index in [1.807, 2.05) is 0 Å². The largest absolute Gasteiger partial charge is 0.480 e. The van der Waals surface area contributed by atoms with Crippen LogP contribution in [0.3, 0.4) is 0 Å². The molecule has 0 aliphatic rings. The van der Waals surface area contributed by atoms with Gasteiger partial charge in [0.05, 0.1) is 11.6 Å². The van der Waals surface area contributed by atoms with E-state index in [-0.39, 0.29) is 17.3 Å². The van der Waals surface area contributed by atoms with Gasteiger partial charge in [0.15, 0.2) is 0 Å². The highest BCUT2D eigenvalue weighted by Crippen LogP contribution is 2.19. The molecule has 3 N–H and O–H groups in total. The Morgan fingerprint density at radius 3 is 2.55 bits per heavy atom. The highest BCUT2D eigenvalue weighted by Gasteiger charge is 2.21. The molecule has 0 aliphatic heterocycles. The molecular weight excluding hydrogens is 315 g/mol. The molecule has 0 aromatic heterocycles. The molecule has 0 spiro atoms. The number of carboxylic acids is 1. The Balaban J connectivity index is 2.64. The molecule has 0 saturated heterocycles. The van der Waals surface area contributed by atoms with Crippen LogP contribution in [0.25, 0.3) is 0 Å². The van der Waals surface area contributed by atoms with Gasteiger partial charge in [-0.2, -0.15) is 0 Å². The van der Waals surface area contributed by atoms with E-state index in [9.17, 15) is 14.0 Å². The predicted molar refractivity (Wildman–Crippen MR) is 80.7 cm³/mol. The third kappa shape index (κ3) is 6.17. The number of ether oxygens (including phenoxy) is 1. The molecule has 0 saturated carbocycles. The van der Waals surface area contributed by atoms with Crippen molar-refractivity contribution in [1.29, 1.82) is 0 Å². The first-order chi connectivity index (χ1) is 10.1. The topological polar surface area (TPSA) is 87.7 Å². The maximum atomic E-state index is 13.3. The zero-order valence-corrected chi connectivity index (χ0v) is 13.2. The number of amides is 1. The van der Waals surface area contributed by atoms with Crippen molar-refractivity contribution in [1.82, 2.24) is 5.32 Å². The molecular formula is C14H18ClFN2O4. The Bertz CT molecular complexity index is 560. The molecule has 0 bridgehead atoms. The average Bonchev–Trinajstić information content (AvgIpc) is 2.36. The summed E-state index contributed by atoms with van der Waals surface area (Å²) < 4.78 is 18.3. The van der Waals surface area contributed by atoms with Crippen LogP contribution in [0.4, 0.5) is 14.9 Å². The smallest absolute Gasteiger partial charge is 0.407 e. The Labute approximate surface area is 132 Å². The van der Waals surface area contributed by atoms with Gasteiger partial charge >= 0.3 is 12.1 Å². The number of anilines is 1. The van der Waals surface area contributed by atoms with Gasteiger partial charge in [0.1, 0.15) is 17.5 Å². The monoisotopic (exact) mass is 332 g/mol. The number of aliphatic carboxylic acids is 1. The SMILES string of the molecule is CC(C)(C)OC(=O)NC[C@H](Nc1ccc(Cl)c(F)c1)C(=O)O. The van der Waals surface area contributed by atoms with Crippen molar-refractivity contribution in [2.75, 3.05) is 11.9 Å². The van der Waals surface area contributed by atoms with Gasteiger partial charge < -0.3 is 20.5 Å². The fourth-order valence-corrected chi connectivity index (χ4v) is 1.60. The molecule has 1 amide bonds. The van der Waals surface area contributed by atoms with Crippen LogP contribution in [0.5, 0.6) is 0 Å². The summed E-state index contributed by atoms with van der Waals surface area (Å²) in [6.45, 7) is 4.84. The number of nitrogens with one attached hydrogen (secondary N) is 2. The van der Waals surface area contributed by atoms with Crippen LogP contribution in [0.1, 0.15) is 20.8 Å². The van der Waals surface area contributed by atoms with Gasteiger partial charge in [0, 0.05) is 5.69 Å². The first-order valence-electron chi connectivity index (χ1n) is 6.50. The Kier molecular flexibility index (Phi) is 5.99. The average molecular weight is 333 g/mol. The van der Waals surface area contributed by atoms with Gasteiger partial charge in [0.2, 0.25) is 0 Å². The Morgan fingerprint density at radius 1 is 1.41 bits per heavy atom. The van der Waals surface area contributed by atoms with Crippen molar-refractivity contribution in [2.24, 2.45) is 0 Å². The van der Waals surface area contributed by atoms with Crippen LogP contribution in [0.2, 0.25) is 5.02 Å². The molecule has 0 radical (unpaired) electrons. The lowest BCUT2D eigenvalue weighted by Gasteiger charge is -2.21. The maximum Gasteiger partial charge on any atom is 0.407 e. The predicted octanol–water partition coefficient (Wildman–Crippen LogP) is 2.87. The highest BCUT2D eigenvalue weighted by atomic mass is 35.5. The zero-order valence-electron chi connectivity index (χ0n) is 12.4. The molecule has 1 aromatic carbocycles. The van der Waals surface area contributed by atoms with Gasteiger partial charge in [-0.05, 0) is 39.0 Å². The normalized spacial score (nSPS) is 12.4. The third-order valence-electron chi connectivity index (χ3n) is 2.41. The van der Waals surface area contributed by atoms with Crippen LogP contribution in [0, 0.1) is 5.82 Å². The van der Waals surface area contributed by atoms with Crippen LogP contribution in [-0.4, -0.2) is 35.4 Å². The van der Waals surface area contributed by atoms with Crippen molar-refractivity contribution >= 4 is 29.4 Å². The molecule has 122 valence electrons. The van der Waals surface area contributed by atoms with Gasteiger partial charge in [-0.25, -0.2) is 14.0 Å². The van der Waals surface area contributed by atoms with Crippen molar-refractivity contribution in [3.8, 4) is 0 Å². The highest BCUT2D eigenvalue weighted by molar-refractivity contribution is 6.30. The Hall–Kier alpha value is -2.02. The summed E-state index contributed by atoms with van der Waals surface area (Å²) >= 11 is 5.55. The number of carbonyl (C=O) groups excluding carboxylic acids is 1. The van der Waals surface area contributed by atoms with Gasteiger partial charge in [-0.3, -0.25) is 0 Å². The van der Waals surface area contributed by atoms with Gasteiger partial charge in [-0.1, -0.05) is 11.6 Å². The zero-order chi connectivity index (χ0) is 16.9. The lowest BCUT2D eigenvalue weighted by molar-refractivity contribution is -0.137. The minimum atomic E-state index is -1.20. The van der Waals surface area contributed by atoms with Crippen LogP contribution < -0.4 is 10.6 Å².